The number of pyridine rings is 1. The van der Waals surface area contributed by atoms with Crippen LogP contribution in [0.25, 0.3) is 0 Å². The summed E-state index contributed by atoms with van der Waals surface area (Å²) in [5.41, 5.74) is 0.934. The van der Waals surface area contributed by atoms with Gasteiger partial charge < -0.3 is 4.90 Å². The molecule has 1 heterocycles. The van der Waals surface area contributed by atoms with E-state index in [1.165, 1.54) is 0 Å². The Hall–Kier alpha value is -1.80. The highest BCUT2D eigenvalue weighted by Crippen LogP contribution is 2.06. The molecule has 1 aromatic rings. The maximum atomic E-state index is 8.52. The molecule has 0 aliphatic heterocycles. The van der Waals surface area contributed by atoms with Gasteiger partial charge in [-0.3, -0.25) is 5.32 Å². The molecule has 0 fully saturated rings. The Labute approximate surface area is 99.4 Å². The van der Waals surface area contributed by atoms with E-state index in [-0.39, 0.29) is 0 Å². The van der Waals surface area contributed by atoms with Gasteiger partial charge in [0.2, 0.25) is 5.96 Å². The summed E-state index contributed by atoms with van der Waals surface area (Å²) in [7, 11) is 3.62. The summed E-state index contributed by atoms with van der Waals surface area (Å²) < 4.78 is 0. The standard InChI is InChI=1S/C10H12ClN5/c1-16(2)10(15-7-12)14-6-8-3-4-9(11)13-5-8/h3-5H,6H2,1-2H3,(H,14,15). The van der Waals surface area contributed by atoms with Gasteiger partial charge in [-0.2, -0.15) is 5.26 Å². The zero-order chi connectivity index (χ0) is 12.0. The molecule has 16 heavy (non-hydrogen) atoms. The third-order valence-corrected chi connectivity index (χ3v) is 2.01. The normalized spacial score (nSPS) is 10.8. The summed E-state index contributed by atoms with van der Waals surface area (Å²) in [5.74, 6) is 0.512. The minimum Gasteiger partial charge on any atom is -0.348 e. The summed E-state index contributed by atoms with van der Waals surface area (Å²) in [6, 6.07) is 3.55. The number of nitrogens with zero attached hydrogens (tertiary/aromatic N) is 4. The van der Waals surface area contributed by atoms with Gasteiger partial charge in [-0.1, -0.05) is 17.7 Å². The van der Waals surface area contributed by atoms with Crippen molar-refractivity contribution in [3.05, 3.63) is 29.0 Å². The fraction of sp³-hybridized carbons (Fsp3) is 0.300. The van der Waals surface area contributed by atoms with Gasteiger partial charge >= 0.3 is 0 Å². The first-order valence-electron chi connectivity index (χ1n) is 4.61. The van der Waals surface area contributed by atoms with Crippen molar-refractivity contribution in [3.63, 3.8) is 0 Å². The predicted molar refractivity (Wildman–Crippen MR) is 62.8 cm³/mol. The molecular formula is C10H12ClN5. The first-order chi connectivity index (χ1) is 7.63. The lowest BCUT2D eigenvalue weighted by Gasteiger charge is -2.13. The van der Waals surface area contributed by atoms with Crippen LogP contribution in [0.3, 0.4) is 0 Å². The summed E-state index contributed by atoms with van der Waals surface area (Å²) in [5, 5.41) is 11.5. The molecule has 0 amide bonds. The number of halogens is 1. The first-order valence-corrected chi connectivity index (χ1v) is 4.98. The number of hydrogen-bond donors (Lipinski definition) is 1. The van der Waals surface area contributed by atoms with Crippen LogP contribution < -0.4 is 5.32 Å². The molecule has 6 heteroatoms. The van der Waals surface area contributed by atoms with Gasteiger partial charge in [-0.05, 0) is 11.6 Å². The van der Waals surface area contributed by atoms with Crippen molar-refractivity contribution in [2.24, 2.45) is 4.99 Å². The maximum absolute atomic E-state index is 8.52. The molecule has 0 aromatic carbocycles. The lowest BCUT2D eigenvalue weighted by atomic mass is 10.3. The zero-order valence-electron chi connectivity index (χ0n) is 9.11. The van der Waals surface area contributed by atoms with E-state index in [2.05, 4.69) is 15.3 Å². The fourth-order valence-corrected chi connectivity index (χ4v) is 1.12. The molecule has 0 aliphatic carbocycles. The molecule has 5 nitrogen and oxygen atoms in total. The van der Waals surface area contributed by atoms with Crippen molar-refractivity contribution in [2.75, 3.05) is 14.1 Å². The Kier molecular flexibility index (Phi) is 4.55. The molecule has 0 radical (unpaired) electrons. The molecular weight excluding hydrogens is 226 g/mol. The van der Waals surface area contributed by atoms with Gasteiger partial charge in [-0.15, -0.1) is 0 Å². The van der Waals surface area contributed by atoms with Gasteiger partial charge in [0.05, 0.1) is 6.54 Å². The third-order valence-electron chi connectivity index (χ3n) is 1.79. The van der Waals surface area contributed by atoms with Gasteiger partial charge in [0, 0.05) is 20.3 Å². The van der Waals surface area contributed by atoms with E-state index < -0.39 is 0 Å². The third kappa shape index (κ3) is 3.75. The SMILES string of the molecule is CN(C)C(=NCc1ccc(Cl)nc1)NC#N. The minimum absolute atomic E-state index is 0.451. The van der Waals surface area contributed by atoms with E-state index in [0.717, 1.165) is 5.56 Å². The van der Waals surface area contributed by atoms with E-state index in [1.807, 2.05) is 26.4 Å². The second kappa shape index (κ2) is 5.93. The summed E-state index contributed by atoms with van der Waals surface area (Å²) in [4.78, 5) is 9.91. The largest absolute Gasteiger partial charge is 0.348 e. The van der Waals surface area contributed by atoms with Crippen molar-refractivity contribution in [3.8, 4) is 6.19 Å². The topological polar surface area (TPSA) is 64.3 Å². The maximum Gasteiger partial charge on any atom is 0.207 e. The number of hydrogen-bond acceptors (Lipinski definition) is 3. The Bertz CT molecular complexity index is 404. The second-order valence-corrected chi connectivity index (χ2v) is 3.65. The van der Waals surface area contributed by atoms with Crippen LogP contribution in [0.4, 0.5) is 0 Å². The van der Waals surface area contributed by atoms with Crippen molar-refractivity contribution in [2.45, 2.75) is 6.54 Å². The van der Waals surface area contributed by atoms with Crippen LogP contribution in [-0.2, 0) is 6.54 Å². The van der Waals surface area contributed by atoms with E-state index in [1.54, 1.807) is 17.2 Å². The first kappa shape index (κ1) is 12.3. The van der Waals surface area contributed by atoms with Crippen LogP contribution in [-0.4, -0.2) is 29.9 Å². The lowest BCUT2D eigenvalue weighted by Crippen LogP contribution is -2.33. The van der Waals surface area contributed by atoms with Crippen molar-refractivity contribution in [1.29, 1.82) is 5.26 Å². The van der Waals surface area contributed by atoms with E-state index in [0.29, 0.717) is 17.7 Å². The average Bonchev–Trinajstić information content (AvgIpc) is 2.26. The highest BCUT2D eigenvalue weighted by atomic mass is 35.5. The molecule has 1 N–H and O–H groups in total. The minimum atomic E-state index is 0.451. The molecule has 0 aliphatic rings. The highest BCUT2D eigenvalue weighted by molar-refractivity contribution is 6.29. The fourth-order valence-electron chi connectivity index (χ4n) is 1.01. The van der Waals surface area contributed by atoms with Gasteiger partial charge in [0.1, 0.15) is 5.15 Å². The molecule has 0 atom stereocenters. The van der Waals surface area contributed by atoms with E-state index in [4.69, 9.17) is 16.9 Å². The van der Waals surface area contributed by atoms with Crippen LogP contribution in [0.2, 0.25) is 5.15 Å². The number of aliphatic imine (C=N–C) groups is 1. The molecule has 1 rings (SSSR count). The summed E-state index contributed by atoms with van der Waals surface area (Å²) in [6.07, 6.45) is 3.49. The van der Waals surface area contributed by atoms with Gasteiger partial charge in [-0.25, -0.2) is 9.98 Å². The van der Waals surface area contributed by atoms with Crippen LogP contribution in [0.15, 0.2) is 23.3 Å². The molecule has 84 valence electrons. The van der Waals surface area contributed by atoms with Crippen LogP contribution in [0.1, 0.15) is 5.56 Å². The number of aromatic nitrogens is 1. The Balaban J connectivity index is 2.70. The summed E-state index contributed by atoms with van der Waals surface area (Å²) in [6.45, 7) is 0.451. The van der Waals surface area contributed by atoms with Gasteiger partial charge in [0.15, 0.2) is 6.19 Å². The van der Waals surface area contributed by atoms with Crippen LogP contribution in [0.5, 0.6) is 0 Å². The van der Waals surface area contributed by atoms with Gasteiger partial charge in [0.25, 0.3) is 0 Å². The molecule has 0 bridgehead atoms. The van der Waals surface area contributed by atoms with Crippen LogP contribution in [0, 0.1) is 11.5 Å². The number of guanidine groups is 1. The Morgan fingerprint density at radius 3 is 2.88 bits per heavy atom. The second-order valence-electron chi connectivity index (χ2n) is 3.26. The summed E-state index contributed by atoms with van der Waals surface area (Å²) >= 11 is 5.66. The highest BCUT2D eigenvalue weighted by Gasteiger charge is 2.00. The number of nitrogens with one attached hydrogen (secondary N) is 1. The van der Waals surface area contributed by atoms with Crippen molar-refractivity contribution in [1.82, 2.24) is 15.2 Å². The number of rotatable bonds is 2. The molecule has 0 spiro atoms. The van der Waals surface area contributed by atoms with E-state index in [9.17, 15) is 0 Å². The number of nitriles is 1. The molecule has 1 aromatic heterocycles. The smallest absolute Gasteiger partial charge is 0.207 e. The Morgan fingerprint density at radius 2 is 2.38 bits per heavy atom. The van der Waals surface area contributed by atoms with Crippen molar-refractivity contribution >= 4 is 17.6 Å². The zero-order valence-corrected chi connectivity index (χ0v) is 9.86. The van der Waals surface area contributed by atoms with Crippen LogP contribution >= 0.6 is 11.6 Å². The molecule has 0 unspecified atom stereocenters. The predicted octanol–water partition coefficient (Wildman–Crippen LogP) is 1.22. The Morgan fingerprint density at radius 1 is 1.62 bits per heavy atom. The van der Waals surface area contributed by atoms with Crippen molar-refractivity contribution < 1.29 is 0 Å². The van der Waals surface area contributed by atoms with E-state index >= 15 is 0 Å². The average molecular weight is 238 g/mol. The monoisotopic (exact) mass is 237 g/mol. The lowest BCUT2D eigenvalue weighted by molar-refractivity contribution is 0.597. The molecule has 0 saturated heterocycles. The molecule has 0 saturated carbocycles. The quantitative estimate of drug-likeness (QED) is 0.276.